The summed E-state index contributed by atoms with van der Waals surface area (Å²) in [5.74, 6) is 0.108. The maximum atomic E-state index is 12.5. The first-order chi connectivity index (χ1) is 13.0. The molecule has 1 fully saturated rings. The van der Waals surface area contributed by atoms with E-state index in [1.165, 1.54) is 11.3 Å². The van der Waals surface area contributed by atoms with E-state index in [9.17, 15) is 9.59 Å². The highest BCUT2D eigenvalue weighted by Crippen LogP contribution is 2.46. The van der Waals surface area contributed by atoms with E-state index < -0.39 is 12.1 Å². The lowest BCUT2D eigenvalue weighted by Crippen LogP contribution is -2.30. The van der Waals surface area contributed by atoms with E-state index in [1.54, 1.807) is 38.1 Å². The van der Waals surface area contributed by atoms with Crippen LogP contribution in [0.1, 0.15) is 54.1 Å². The van der Waals surface area contributed by atoms with Crippen LogP contribution in [0.4, 0.5) is 5.00 Å². The molecular weight excluding hydrogens is 364 g/mol. The zero-order valence-corrected chi connectivity index (χ0v) is 16.0. The predicted octanol–water partition coefficient (Wildman–Crippen LogP) is 4.08. The Morgan fingerprint density at radius 2 is 2.04 bits per heavy atom. The quantitative estimate of drug-likeness (QED) is 0.727. The first-order valence-corrected chi connectivity index (χ1v) is 9.67. The van der Waals surface area contributed by atoms with Crippen molar-refractivity contribution in [2.45, 2.75) is 38.7 Å². The average Bonchev–Trinajstić information content (AvgIpc) is 3.43. The minimum absolute atomic E-state index is 0.282. The maximum Gasteiger partial charge on any atom is 0.341 e. The molecule has 140 valence electrons. The van der Waals surface area contributed by atoms with Crippen molar-refractivity contribution >= 4 is 28.2 Å². The number of amides is 1. The van der Waals surface area contributed by atoms with E-state index >= 15 is 0 Å². The summed E-state index contributed by atoms with van der Waals surface area (Å²) < 4.78 is 10.8. The minimum atomic E-state index is -0.764. The van der Waals surface area contributed by atoms with Crippen LogP contribution in [0.5, 0.6) is 5.75 Å². The van der Waals surface area contributed by atoms with E-state index in [-0.39, 0.29) is 12.5 Å². The van der Waals surface area contributed by atoms with Gasteiger partial charge in [-0.2, -0.15) is 5.26 Å². The smallest absolute Gasteiger partial charge is 0.341 e. The van der Waals surface area contributed by atoms with Gasteiger partial charge in [0.25, 0.3) is 5.91 Å². The number of thiophene rings is 1. The van der Waals surface area contributed by atoms with Crippen molar-refractivity contribution in [3.63, 3.8) is 0 Å². The van der Waals surface area contributed by atoms with Gasteiger partial charge in [-0.1, -0.05) is 0 Å². The van der Waals surface area contributed by atoms with Crippen LogP contribution in [0.25, 0.3) is 0 Å². The standard InChI is InChI=1S/C20H20N2O4S/c1-3-25-20(24)17-16(14-6-7-14)11-27-19(17)22-18(23)12(2)26-15-8-4-13(10-21)5-9-15/h4-5,8-9,11-12,14H,3,6-7H2,1-2H3,(H,22,23). The summed E-state index contributed by atoms with van der Waals surface area (Å²) in [4.78, 5) is 24.9. The number of nitrogens with zero attached hydrogens (tertiary/aromatic N) is 1. The summed E-state index contributed by atoms with van der Waals surface area (Å²) in [6, 6.07) is 8.56. The first kappa shape index (κ1) is 18.9. The van der Waals surface area contributed by atoms with Gasteiger partial charge in [0.15, 0.2) is 6.10 Å². The number of esters is 1. The Morgan fingerprint density at radius 1 is 1.33 bits per heavy atom. The molecule has 27 heavy (non-hydrogen) atoms. The fourth-order valence-electron chi connectivity index (χ4n) is 2.65. The number of carbonyl (C=O) groups is 2. The van der Waals surface area contributed by atoms with Crippen molar-refractivity contribution in [1.82, 2.24) is 0 Å². The molecular formula is C20H20N2O4S. The van der Waals surface area contributed by atoms with E-state index in [0.717, 1.165) is 18.4 Å². The number of nitrogens with one attached hydrogen (secondary N) is 1. The third-order valence-corrected chi connectivity index (χ3v) is 5.13. The molecule has 0 spiro atoms. The van der Waals surface area contributed by atoms with Crippen molar-refractivity contribution in [1.29, 1.82) is 5.26 Å². The molecule has 7 heteroatoms. The van der Waals surface area contributed by atoms with Gasteiger partial charge >= 0.3 is 5.97 Å². The Labute approximate surface area is 161 Å². The summed E-state index contributed by atoms with van der Waals surface area (Å²) in [5, 5.41) is 14.0. The second kappa shape index (κ2) is 8.23. The van der Waals surface area contributed by atoms with Gasteiger partial charge in [-0.25, -0.2) is 4.79 Å². The lowest BCUT2D eigenvalue weighted by Gasteiger charge is -2.15. The number of carbonyl (C=O) groups excluding carboxylic acids is 2. The number of hydrogen-bond donors (Lipinski definition) is 1. The summed E-state index contributed by atoms with van der Waals surface area (Å²) >= 11 is 1.33. The third kappa shape index (κ3) is 4.47. The van der Waals surface area contributed by atoms with Crippen molar-refractivity contribution in [2.24, 2.45) is 0 Å². The van der Waals surface area contributed by atoms with Crippen LogP contribution in [0.2, 0.25) is 0 Å². The third-order valence-electron chi connectivity index (χ3n) is 4.22. The SMILES string of the molecule is CCOC(=O)c1c(C2CC2)csc1NC(=O)C(C)Oc1ccc(C#N)cc1. The lowest BCUT2D eigenvalue weighted by atomic mass is 10.1. The predicted molar refractivity (Wildman–Crippen MR) is 102 cm³/mol. The fraction of sp³-hybridized carbons (Fsp3) is 0.350. The van der Waals surface area contributed by atoms with Crippen LogP contribution in [-0.2, 0) is 9.53 Å². The molecule has 1 heterocycles. The molecule has 0 bridgehead atoms. The molecule has 1 saturated carbocycles. The van der Waals surface area contributed by atoms with E-state index in [1.807, 2.05) is 11.4 Å². The van der Waals surface area contributed by atoms with Gasteiger partial charge in [0, 0.05) is 0 Å². The number of ether oxygens (including phenoxy) is 2. The molecule has 1 aliphatic rings. The van der Waals surface area contributed by atoms with Crippen molar-refractivity contribution in [3.05, 3.63) is 46.3 Å². The second-order valence-corrected chi connectivity index (χ2v) is 7.16. The fourth-order valence-corrected chi connectivity index (χ4v) is 3.68. The Morgan fingerprint density at radius 3 is 2.63 bits per heavy atom. The Balaban J connectivity index is 1.71. The van der Waals surface area contributed by atoms with Gasteiger partial charge in [0.2, 0.25) is 0 Å². The van der Waals surface area contributed by atoms with Gasteiger partial charge in [0.05, 0.1) is 23.8 Å². The van der Waals surface area contributed by atoms with Gasteiger partial charge in [-0.05, 0) is 67.8 Å². The molecule has 1 N–H and O–H groups in total. The van der Waals surface area contributed by atoms with Crippen LogP contribution in [0, 0.1) is 11.3 Å². The van der Waals surface area contributed by atoms with Gasteiger partial charge in [0.1, 0.15) is 10.8 Å². The molecule has 1 atom stereocenters. The topological polar surface area (TPSA) is 88.4 Å². The Bertz CT molecular complexity index is 878. The minimum Gasteiger partial charge on any atom is -0.481 e. The van der Waals surface area contributed by atoms with Crippen molar-refractivity contribution < 1.29 is 19.1 Å². The molecule has 6 nitrogen and oxygen atoms in total. The zero-order valence-electron chi connectivity index (χ0n) is 15.2. The first-order valence-electron chi connectivity index (χ1n) is 8.79. The summed E-state index contributed by atoms with van der Waals surface area (Å²) in [5.41, 5.74) is 1.93. The normalized spacial score (nSPS) is 14.1. The zero-order chi connectivity index (χ0) is 19.4. The average molecular weight is 384 g/mol. The molecule has 0 saturated heterocycles. The summed E-state index contributed by atoms with van der Waals surface area (Å²) in [6.07, 6.45) is 1.34. The Kier molecular flexibility index (Phi) is 5.77. The molecule has 1 amide bonds. The van der Waals surface area contributed by atoms with E-state index in [0.29, 0.717) is 27.8 Å². The van der Waals surface area contributed by atoms with Crippen molar-refractivity contribution in [3.8, 4) is 11.8 Å². The van der Waals surface area contributed by atoms with Gasteiger partial charge in [-0.3, -0.25) is 4.79 Å². The second-order valence-electron chi connectivity index (χ2n) is 6.28. The lowest BCUT2D eigenvalue weighted by molar-refractivity contribution is -0.122. The number of hydrogen-bond acceptors (Lipinski definition) is 6. The van der Waals surface area contributed by atoms with Crippen LogP contribution in [-0.4, -0.2) is 24.6 Å². The molecule has 0 aliphatic heterocycles. The molecule has 1 unspecified atom stereocenters. The van der Waals surface area contributed by atoms with Crippen LogP contribution >= 0.6 is 11.3 Å². The number of rotatable bonds is 7. The van der Waals surface area contributed by atoms with Gasteiger partial charge < -0.3 is 14.8 Å². The highest BCUT2D eigenvalue weighted by molar-refractivity contribution is 7.15. The Hall–Kier alpha value is -2.85. The number of benzene rings is 1. The molecule has 1 aliphatic carbocycles. The van der Waals surface area contributed by atoms with Crippen molar-refractivity contribution in [2.75, 3.05) is 11.9 Å². The van der Waals surface area contributed by atoms with Crippen LogP contribution in [0.3, 0.4) is 0 Å². The summed E-state index contributed by atoms with van der Waals surface area (Å²) in [6.45, 7) is 3.67. The molecule has 0 radical (unpaired) electrons. The van der Waals surface area contributed by atoms with E-state index in [2.05, 4.69) is 5.32 Å². The maximum absolute atomic E-state index is 12.5. The number of anilines is 1. The monoisotopic (exact) mass is 384 g/mol. The van der Waals surface area contributed by atoms with Crippen LogP contribution < -0.4 is 10.1 Å². The largest absolute Gasteiger partial charge is 0.481 e. The molecule has 2 aromatic rings. The molecule has 1 aromatic heterocycles. The summed E-state index contributed by atoms with van der Waals surface area (Å²) in [7, 11) is 0. The van der Waals surface area contributed by atoms with Crippen LogP contribution in [0.15, 0.2) is 29.6 Å². The number of nitriles is 1. The van der Waals surface area contributed by atoms with Gasteiger partial charge in [-0.15, -0.1) is 11.3 Å². The highest BCUT2D eigenvalue weighted by Gasteiger charge is 2.32. The molecule has 3 rings (SSSR count). The van der Waals surface area contributed by atoms with E-state index in [4.69, 9.17) is 14.7 Å². The highest BCUT2D eigenvalue weighted by atomic mass is 32.1. The molecule has 1 aromatic carbocycles.